The van der Waals surface area contributed by atoms with E-state index in [1.54, 1.807) is 6.20 Å². The van der Waals surface area contributed by atoms with Crippen LogP contribution in [0.3, 0.4) is 0 Å². The summed E-state index contributed by atoms with van der Waals surface area (Å²) < 4.78 is 1.92. The van der Waals surface area contributed by atoms with E-state index in [1.807, 2.05) is 45.6 Å². The minimum absolute atomic E-state index is 0.467. The molecule has 5 aromatic rings. The smallest absolute Gasteiger partial charge is 0.160 e. The van der Waals surface area contributed by atoms with Crippen molar-refractivity contribution in [2.45, 2.75) is 38.8 Å². The van der Waals surface area contributed by atoms with Gasteiger partial charge in [-0.05, 0) is 68.1 Å². The Bertz CT molecular complexity index is 1400. The van der Waals surface area contributed by atoms with Gasteiger partial charge in [0.25, 0.3) is 0 Å². The molecule has 6 heterocycles. The molecule has 1 saturated heterocycles. The molecule has 0 unspecified atom stereocenters. The van der Waals surface area contributed by atoms with E-state index in [-0.39, 0.29) is 0 Å². The summed E-state index contributed by atoms with van der Waals surface area (Å²) in [6, 6.07) is 15.1. The van der Waals surface area contributed by atoms with Crippen molar-refractivity contribution >= 4 is 34.1 Å². The molecule has 1 fully saturated rings. The first kappa shape index (κ1) is 22.4. The third kappa shape index (κ3) is 4.87. The van der Waals surface area contributed by atoms with Gasteiger partial charge in [-0.3, -0.25) is 9.88 Å². The van der Waals surface area contributed by atoms with Gasteiger partial charge >= 0.3 is 0 Å². The first-order valence-corrected chi connectivity index (χ1v) is 13.8. The zero-order valence-corrected chi connectivity index (χ0v) is 21.4. The van der Waals surface area contributed by atoms with E-state index in [0.29, 0.717) is 12.5 Å². The van der Waals surface area contributed by atoms with Crippen LogP contribution in [0.1, 0.15) is 40.5 Å². The van der Waals surface area contributed by atoms with Crippen LogP contribution in [0.5, 0.6) is 0 Å². The molecule has 35 heavy (non-hydrogen) atoms. The lowest BCUT2D eigenvalue weighted by molar-refractivity contribution is 0.205. The Labute approximate surface area is 213 Å². The van der Waals surface area contributed by atoms with Gasteiger partial charge in [0.05, 0.1) is 6.20 Å². The van der Waals surface area contributed by atoms with Gasteiger partial charge in [0.15, 0.2) is 5.65 Å². The van der Waals surface area contributed by atoms with Crippen LogP contribution < -0.4 is 5.32 Å². The predicted octanol–water partition coefficient (Wildman–Crippen LogP) is 6.21. The maximum atomic E-state index is 5.05. The number of nitrogens with one attached hydrogen (secondary N) is 1. The monoisotopic (exact) mass is 500 g/mol. The molecule has 6 rings (SSSR count). The number of hydrogen-bond donors (Lipinski definition) is 1. The van der Waals surface area contributed by atoms with Crippen LogP contribution in [0.15, 0.2) is 66.4 Å². The van der Waals surface area contributed by atoms with Crippen LogP contribution in [0.4, 0.5) is 5.82 Å². The van der Waals surface area contributed by atoms with Crippen molar-refractivity contribution in [1.82, 2.24) is 24.5 Å². The number of hydrogen-bond acceptors (Lipinski definition) is 7. The van der Waals surface area contributed by atoms with E-state index in [9.17, 15) is 0 Å². The Morgan fingerprint density at radius 1 is 1.06 bits per heavy atom. The fourth-order valence-corrected chi connectivity index (χ4v) is 6.63. The van der Waals surface area contributed by atoms with E-state index in [0.717, 1.165) is 55.1 Å². The maximum absolute atomic E-state index is 5.05. The molecule has 0 spiro atoms. The van der Waals surface area contributed by atoms with Gasteiger partial charge in [0.2, 0.25) is 0 Å². The first-order valence-electron chi connectivity index (χ1n) is 12.1. The average Bonchev–Trinajstić information content (AvgIpc) is 3.66. The minimum atomic E-state index is 0.467. The number of pyridine rings is 1. The molecular weight excluding hydrogens is 472 g/mol. The number of anilines is 1. The van der Waals surface area contributed by atoms with Gasteiger partial charge in [-0.1, -0.05) is 12.1 Å². The second-order valence-electron chi connectivity index (χ2n) is 9.14. The van der Waals surface area contributed by atoms with E-state index in [2.05, 4.69) is 69.0 Å². The highest BCUT2D eigenvalue weighted by Crippen LogP contribution is 2.34. The number of aryl methyl sites for hydroxylation is 1. The van der Waals surface area contributed by atoms with E-state index < -0.39 is 0 Å². The number of nitrogens with zero attached hydrogens (tertiary/aromatic N) is 5. The van der Waals surface area contributed by atoms with Crippen molar-refractivity contribution in [3.05, 3.63) is 88.1 Å². The number of fused-ring (bicyclic) bond motifs is 1. The Morgan fingerprint density at radius 2 is 1.97 bits per heavy atom. The normalized spacial score (nSPS) is 15.1. The molecule has 0 aliphatic carbocycles. The highest BCUT2D eigenvalue weighted by Gasteiger charge is 2.24. The number of aromatic nitrogens is 4. The third-order valence-corrected chi connectivity index (χ3v) is 8.81. The molecular formula is C27H28N6S2. The Morgan fingerprint density at radius 3 is 2.77 bits per heavy atom. The van der Waals surface area contributed by atoms with E-state index in [4.69, 9.17) is 4.98 Å². The predicted molar refractivity (Wildman–Crippen MR) is 144 cm³/mol. The van der Waals surface area contributed by atoms with Gasteiger partial charge in [-0.2, -0.15) is 9.61 Å². The standard InChI is InChI=1S/C27H28N6S2/c1-19-15-30-33-26(29-17-20-4-2-10-28-16-20)14-23(31-27(19)33)21-8-11-32(12-9-21)18-22-6-7-25(35-22)24-5-3-13-34-24/h2-7,10,13-16,21,29H,8-9,11-12,17-18H2,1H3. The summed E-state index contributed by atoms with van der Waals surface area (Å²) in [5.74, 6) is 1.46. The number of piperidine rings is 1. The van der Waals surface area contributed by atoms with E-state index in [1.165, 1.54) is 20.3 Å². The molecule has 0 atom stereocenters. The second-order valence-corrected chi connectivity index (χ2v) is 11.3. The SMILES string of the molecule is Cc1cnn2c(NCc3cccnc3)cc(C3CCN(Cc4ccc(-c5cccs5)s4)CC3)nc12. The second kappa shape index (κ2) is 9.89. The minimum Gasteiger partial charge on any atom is -0.366 e. The van der Waals surface area contributed by atoms with Gasteiger partial charge in [0.1, 0.15) is 5.82 Å². The van der Waals surface area contributed by atoms with Gasteiger partial charge < -0.3 is 5.32 Å². The molecule has 1 aliphatic rings. The lowest BCUT2D eigenvalue weighted by atomic mass is 9.93. The molecule has 6 nitrogen and oxygen atoms in total. The average molecular weight is 501 g/mol. The van der Waals surface area contributed by atoms with Crippen LogP contribution in [-0.4, -0.2) is 37.6 Å². The highest BCUT2D eigenvalue weighted by molar-refractivity contribution is 7.21. The van der Waals surface area contributed by atoms with Crippen molar-refractivity contribution in [2.24, 2.45) is 0 Å². The molecule has 1 aliphatic heterocycles. The molecule has 0 aromatic carbocycles. The van der Waals surface area contributed by atoms with Crippen LogP contribution in [0, 0.1) is 6.92 Å². The van der Waals surface area contributed by atoms with Crippen LogP contribution in [-0.2, 0) is 13.1 Å². The van der Waals surface area contributed by atoms with Gasteiger partial charge in [-0.15, -0.1) is 22.7 Å². The first-order chi connectivity index (χ1) is 17.2. The van der Waals surface area contributed by atoms with Crippen molar-refractivity contribution < 1.29 is 0 Å². The van der Waals surface area contributed by atoms with Crippen molar-refractivity contribution in [2.75, 3.05) is 18.4 Å². The Kier molecular flexibility index (Phi) is 6.33. The molecule has 0 radical (unpaired) electrons. The molecule has 0 saturated carbocycles. The molecule has 8 heteroatoms. The summed E-state index contributed by atoms with van der Waals surface area (Å²) in [4.78, 5) is 16.1. The van der Waals surface area contributed by atoms with Crippen molar-refractivity contribution in [3.63, 3.8) is 0 Å². The summed E-state index contributed by atoms with van der Waals surface area (Å²) in [6.07, 6.45) is 7.85. The zero-order valence-electron chi connectivity index (χ0n) is 19.7. The summed E-state index contributed by atoms with van der Waals surface area (Å²) in [5, 5.41) is 10.3. The molecule has 5 aromatic heterocycles. The number of rotatable bonds is 7. The van der Waals surface area contributed by atoms with Crippen molar-refractivity contribution in [3.8, 4) is 9.75 Å². The Hall–Kier alpha value is -3.07. The van der Waals surface area contributed by atoms with Gasteiger partial charge in [-0.25, -0.2) is 4.98 Å². The quantitative estimate of drug-likeness (QED) is 0.288. The fraction of sp³-hybridized carbons (Fsp3) is 0.296. The molecule has 0 amide bonds. The lowest BCUT2D eigenvalue weighted by Gasteiger charge is -2.31. The highest BCUT2D eigenvalue weighted by atomic mass is 32.1. The summed E-state index contributed by atoms with van der Waals surface area (Å²) in [6.45, 7) is 6.02. The summed E-state index contributed by atoms with van der Waals surface area (Å²) in [5.41, 5.74) is 4.36. The van der Waals surface area contributed by atoms with Crippen LogP contribution in [0.25, 0.3) is 15.4 Å². The summed E-state index contributed by atoms with van der Waals surface area (Å²) in [7, 11) is 0. The lowest BCUT2D eigenvalue weighted by Crippen LogP contribution is -2.32. The largest absolute Gasteiger partial charge is 0.366 e. The van der Waals surface area contributed by atoms with Crippen LogP contribution >= 0.6 is 22.7 Å². The topological polar surface area (TPSA) is 58.4 Å². The maximum Gasteiger partial charge on any atom is 0.160 e. The van der Waals surface area contributed by atoms with E-state index >= 15 is 0 Å². The fourth-order valence-electron chi connectivity index (χ4n) is 4.74. The summed E-state index contributed by atoms with van der Waals surface area (Å²) >= 11 is 3.74. The van der Waals surface area contributed by atoms with Gasteiger partial charge in [0, 0.05) is 63.4 Å². The molecule has 1 N–H and O–H groups in total. The van der Waals surface area contributed by atoms with Crippen LogP contribution in [0.2, 0.25) is 0 Å². The third-order valence-electron chi connectivity index (χ3n) is 6.68. The van der Waals surface area contributed by atoms with Crippen molar-refractivity contribution in [1.29, 1.82) is 0 Å². The molecule has 178 valence electrons. The number of likely N-dealkylation sites (tertiary alicyclic amines) is 1. The Balaban J connectivity index is 1.14. The number of thiophene rings is 2. The molecule has 0 bridgehead atoms. The zero-order chi connectivity index (χ0) is 23.6.